The predicted molar refractivity (Wildman–Crippen MR) is 71.1 cm³/mol. The lowest BCUT2D eigenvalue weighted by Crippen LogP contribution is -2.34. The summed E-state index contributed by atoms with van der Waals surface area (Å²) in [6, 6.07) is 5.83. The van der Waals surface area contributed by atoms with E-state index in [1.54, 1.807) is 19.1 Å². The van der Waals surface area contributed by atoms with E-state index in [4.69, 9.17) is 10.5 Å². The van der Waals surface area contributed by atoms with Gasteiger partial charge in [0.05, 0.1) is 0 Å². The second-order valence-corrected chi connectivity index (χ2v) is 5.35. The lowest BCUT2D eigenvalue weighted by molar-refractivity contribution is -0.150. The molecule has 3 nitrogen and oxygen atoms in total. The van der Waals surface area contributed by atoms with Crippen molar-refractivity contribution in [2.45, 2.75) is 44.8 Å². The summed E-state index contributed by atoms with van der Waals surface area (Å²) in [5.41, 5.74) is 6.53. The van der Waals surface area contributed by atoms with Gasteiger partial charge in [-0.2, -0.15) is 0 Å². The van der Waals surface area contributed by atoms with Gasteiger partial charge >= 0.3 is 5.97 Å². The Bertz CT molecular complexity index is 440. The summed E-state index contributed by atoms with van der Waals surface area (Å²) in [4.78, 5) is 11.6. The monoisotopic (exact) mass is 265 g/mol. The minimum absolute atomic E-state index is 0.128. The van der Waals surface area contributed by atoms with E-state index in [2.05, 4.69) is 0 Å². The maximum atomic E-state index is 13.0. The fourth-order valence-electron chi connectivity index (χ4n) is 2.43. The van der Waals surface area contributed by atoms with Crippen molar-refractivity contribution in [1.82, 2.24) is 0 Å². The normalized spacial score (nSPS) is 19.6. The second kappa shape index (κ2) is 5.70. The highest BCUT2D eigenvalue weighted by Crippen LogP contribution is 2.45. The van der Waals surface area contributed by atoms with Gasteiger partial charge in [-0.1, -0.05) is 12.1 Å². The highest BCUT2D eigenvalue weighted by Gasteiger charge is 2.37. The van der Waals surface area contributed by atoms with Gasteiger partial charge < -0.3 is 10.5 Å². The molecule has 0 amide bonds. The first-order valence-electron chi connectivity index (χ1n) is 6.70. The Morgan fingerprint density at radius 3 is 2.37 bits per heavy atom. The van der Waals surface area contributed by atoms with E-state index in [9.17, 15) is 9.18 Å². The molecule has 1 aliphatic rings. The Labute approximate surface area is 112 Å². The molecule has 0 saturated heterocycles. The Morgan fingerprint density at radius 2 is 1.89 bits per heavy atom. The fourth-order valence-corrected chi connectivity index (χ4v) is 2.43. The molecule has 19 heavy (non-hydrogen) atoms. The SMILES string of the molecule is C[C@H](N)C(=O)O[C@@H](C)[C@H](c1ccc(F)cc1)C1CC1. The molecule has 1 aromatic rings. The third-order valence-electron chi connectivity index (χ3n) is 3.56. The fraction of sp³-hybridized carbons (Fsp3) is 0.533. The predicted octanol–water partition coefficient (Wildman–Crippen LogP) is 2.60. The van der Waals surface area contributed by atoms with E-state index >= 15 is 0 Å². The number of carbonyl (C=O) groups excluding carboxylic acids is 1. The summed E-state index contributed by atoms with van der Waals surface area (Å²) in [5.74, 6) is 0.00317. The zero-order chi connectivity index (χ0) is 14.0. The zero-order valence-electron chi connectivity index (χ0n) is 11.3. The van der Waals surface area contributed by atoms with Gasteiger partial charge in [0, 0.05) is 5.92 Å². The first kappa shape index (κ1) is 14.0. The number of ether oxygens (including phenoxy) is 1. The van der Waals surface area contributed by atoms with Gasteiger partial charge in [0.2, 0.25) is 0 Å². The molecule has 3 atom stereocenters. The molecule has 1 aliphatic carbocycles. The van der Waals surface area contributed by atoms with Crippen LogP contribution < -0.4 is 5.73 Å². The van der Waals surface area contributed by atoms with Crippen molar-refractivity contribution in [3.63, 3.8) is 0 Å². The van der Waals surface area contributed by atoms with Crippen LogP contribution in [0.5, 0.6) is 0 Å². The number of benzene rings is 1. The number of halogens is 1. The van der Waals surface area contributed by atoms with Crippen molar-refractivity contribution in [1.29, 1.82) is 0 Å². The Morgan fingerprint density at radius 1 is 1.32 bits per heavy atom. The molecule has 1 fully saturated rings. The van der Waals surface area contributed by atoms with E-state index in [0.29, 0.717) is 5.92 Å². The summed E-state index contributed by atoms with van der Waals surface area (Å²) in [6.45, 7) is 3.49. The highest BCUT2D eigenvalue weighted by atomic mass is 19.1. The van der Waals surface area contributed by atoms with Crippen LogP contribution in [0.2, 0.25) is 0 Å². The average Bonchev–Trinajstić information content (AvgIpc) is 3.16. The van der Waals surface area contributed by atoms with E-state index < -0.39 is 6.04 Å². The van der Waals surface area contributed by atoms with Crippen molar-refractivity contribution < 1.29 is 13.9 Å². The lowest BCUT2D eigenvalue weighted by Gasteiger charge is -2.25. The molecule has 104 valence electrons. The van der Waals surface area contributed by atoms with Crippen LogP contribution in [0.25, 0.3) is 0 Å². The first-order valence-corrected chi connectivity index (χ1v) is 6.70. The van der Waals surface area contributed by atoms with Crippen molar-refractivity contribution in [3.05, 3.63) is 35.6 Å². The molecule has 0 aromatic heterocycles. The smallest absolute Gasteiger partial charge is 0.322 e. The second-order valence-electron chi connectivity index (χ2n) is 5.35. The van der Waals surface area contributed by atoms with Gasteiger partial charge in [0.1, 0.15) is 18.0 Å². The summed E-state index contributed by atoms with van der Waals surface area (Å²) < 4.78 is 18.4. The van der Waals surface area contributed by atoms with Gasteiger partial charge in [0.25, 0.3) is 0 Å². The molecule has 1 aromatic carbocycles. The zero-order valence-corrected chi connectivity index (χ0v) is 11.3. The summed E-state index contributed by atoms with van der Waals surface area (Å²) in [5, 5.41) is 0. The van der Waals surface area contributed by atoms with E-state index in [1.807, 2.05) is 6.92 Å². The summed E-state index contributed by atoms with van der Waals surface area (Å²) in [7, 11) is 0. The summed E-state index contributed by atoms with van der Waals surface area (Å²) >= 11 is 0. The minimum atomic E-state index is -0.615. The van der Waals surface area contributed by atoms with Gasteiger partial charge in [-0.25, -0.2) is 4.39 Å². The molecule has 1 saturated carbocycles. The molecule has 0 spiro atoms. The maximum absolute atomic E-state index is 13.0. The quantitative estimate of drug-likeness (QED) is 0.833. The Kier molecular flexibility index (Phi) is 4.20. The van der Waals surface area contributed by atoms with Crippen molar-refractivity contribution in [3.8, 4) is 0 Å². The minimum Gasteiger partial charge on any atom is -0.461 e. The molecule has 0 bridgehead atoms. The molecular formula is C15H20FNO2. The molecule has 4 heteroatoms. The molecule has 0 aliphatic heterocycles. The van der Waals surface area contributed by atoms with Crippen molar-refractivity contribution in [2.75, 3.05) is 0 Å². The standard InChI is InChI=1S/C15H20FNO2/c1-9(17)15(18)19-10(2)14(11-3-4-11)12-5-7-13(16)8-6-12/h5-11,14H,3-4,17H2,1-2H3/t9-,10-,14-/m0/s1. The van der Waals surface area contributed by atoms with Crippen LogP contribution in [0.1, 0.15) is 38.2 Å². The third kappa shape index (κ3) is 3.53. The van der Waals surface area contributed by atoms with Crippen LogP contribution in [0.3, 0.4) is 0 Å². The van der Waals surface area contributed by atoms with Crippen LogP contribution in [-0.4, -0.2) is 18.1 Å². The van der Waals surface area contributed by atoms with Crippen LogP contribution >= 0.6 is 0 Å². The van der Waals surface area contributed by atoms with Crippen LogP contribution in [0.4, 0.5) is 4.39 Å². The first-order chi connectivity index (χ1) is 8.99. The Balaban J connectivity index is 2.11. The van der Waals surface area contributed by atoms with Gasteiger partial charge in [-0.05, 0) is 50.3 Å². The number of hydrogen-bond donors (Lipinski definition) is 1. The van der Waals surface area contributed by atoms with Crippen LogP contribution in [0.15, 0.2) is 24.3 Å². The van der Waals surface area contributed by atoms with Crippen molar-refractivity contribution in [2.24, 2.45) is 11.7 Å². The number of rotatable bonds is 5. The summed E-state index contributed by atoms with van der Waals surface area (Å²) in [6.07, 6.45) is 2.01. The number of esters is 1. The lowest BCUT2D eigenvalue weighted by atomic mass is 9.89. The van der Waals surface area contributed by atoms with Crippen LogP contribution in [0, 0.1) is 11.7 Å². The van der Waals surface area contributed by atoms with Crippen molar-refractivity contribution >= 4 is 5.97 Å². The average molecular weight is 265 g/mol. The molecule has 0 unspecified atom stereocenters. The van der Waals surface area contributed by atoms with Gasteiger partial charge in [-0.3, -0.25) is 4.79 Å². The van der Waals surface area contributed by atoms with E-state index in [1.165, 1.54) is 12.1 Å². The van der Waals surface area contributed by atoms with Gasteiger partial charge in [-0.15, -0.1) is 0 Å². The largest absolute Gasteiger partial charge is 0.461 e. The molecule has 2 rings (SSSR count). The number of carbonyl (C=O) groups is 1. The Hall–Kier alpha value is -1.42. The third-order valence-corrected chi connectivity index (χ3v) is 3.56. The van der Waals surface area contributed by atoms with Crippen LogP contribution in [-0.2, 0) is 9.53 Å². The number of hydrogen-bond acceptors (Lipinski definition) is 3. The molecule has 2 N–H and O–H groups in total. The van der Waals surface area contributed by atoms with Gasteiger partial charge in [0.15, 0.2) is 0 Å². The number of nitrogens with two attached hydrogens (primary N) is 1. The highest BCUT2D eigenvalue weighted by molar-refractivity contribution is 5.75. The maximum Gasteiger partial charge on any atom is 0.322 e. The topological polar surface area (TPSA) is 52.3 Å². The molecule has 0 heterocycles. The van der Waals surface area contributed by atoms with E-state index in [0.717, 1.165) is 18.4 Å². The molecular weight excluding hydrogens is 245 g/mol. The van der Waals surface area contributed by atoms with E-state index in [-0.39, 0.29) is 23.8 Å². The molecule has 0 radical (unpaired) electrons.